The summed E-state index contributed by atoms with van der Waals surface area (Å²) in [6.07, 6.45) is 0.0618. The van der Waals surface area contributed by atoms with Gasteiger partial charge in [-0.3, -0.25) is 14.4 Å². The fraction of sp³-hybridized carbons (Fsp3) is 0.120. The summed E-state index contributed by atoms with van der Waals surface area (Å²) in [6, 6.07) is 19.5. The monoisotopic (exact) mass is 494 g/mol. The lowest BCUT2D eigenvalue weighted by atomic mass is 10.1. The Morgan fingerprint density at radius 3 is 2.47 bits per heavy atom. The van der Waals surface area contributed by atoms with Gasteiger partial charge < -0.3 is 10.5 Å². The number of ether oxygens (including phenoxy) is 1. The Morgan fingerprint density at radius 1 is 1.03 bits per heavy atom. The Balaban J connectivity index is 1.39. The van der Waals surface area contributed by atoms with Crippen molar-refractivity contribution in [2.45, 2.75) is 16.6 Å². The molecule has 4 rings (SSSR count). The topological polar surface area (TPSA) is 107 Å². The van der Waals surface area contributed by atoms with Crippen LogP contribution < -0.4 is 10.6 Å². The zero-order chi connectivity index (χ0) is 24.2. The highest BCUT2D eigenvalue weighted by molar-refractivity contribution is 8.00. The number of nitrogens with zero attached hydrogens (tertiary/aromatic N) is 1. The van der Waals surface area contributed by atoms with Crippen molar-refractivity contribution in [1.29, 1.82) is 0 Å². The van der Waals surface area contributed by atoms with Crippen LogP contribution in [0.25, 0.3) is 0 Å². The van der Waals surface area contributed by atoms with E-state index >= 15 is 0 Å². The molecule has 7 nitrogen and oxygen atoms in total. The van der Waals surface area contributed by atoms with Crippen LogP contribution >= 0.6 is 23.4 Å². The second-order valence-corrected chi connectivity index (χ2v) is 9.16. The number of esters is 1. The minimum absolute atomic E-state index is 0.0618. The smallest absolute Gasteiger partial charge is 0.338 e. The molecule has 1 aliphatic heterocycles. The van der Waals surface area contributed by atoms with E-state index in [0.717, 1.165) is 9.80 Å². The number of imide groups is 1. The van der Waals surface area contributed by atoms with Gasteiger partial charge in [0.2, 0.25) is 17.6 Å². The van der Waals surface area contributed by atoms with Crippen LogP contribution in [0.1, 0.15) is 27.1 Å². The maximum absolute atomic E-state index is 12.9. The molecule has 172 valence electrons. The van der Waals surface area contributed by atoms with Crippen LogP contribution in [0, 0.1) is 0 Å². The third-order valence-corrected chi connectivity index (χ3v) is 6.62. The van der Waals surface area contributed by atoms with E-state index in [-0.39, 0.29) is 34.4 Å². The molecule has 0 aromatic heterocycles. The summed E-state index contributed by atoms with van der Waals surface area (Å²) in [5, 5.41) is -0.283. The number of amides is 2. The van der Waals surface area contributed by atoms with Crippen molar-refractivity contribution in [3.8, 4) is 0 Å². The first kappa shape index (κ1) is 23.5. The number of hydrogen-bond acceptors (Lipinski definition) is 7. The molecule has 0 bridgehead atoms. The highest BCUT2D eigenvalue weighted by Gasteiger charge is 2.40. The van der Waals surface area contributed by atoms with Crippen LogP contribution in [0.5, 0.6) is 0 Å². The van der Waals surface area contributed by atoms with Gasteiger partial charge in [0.1, 0.15) is 0 Å². The maximum atomic E-state index is 12.9. The van der Waals surface area contributed by atoms with Gasteiger partial charge in [-0.1, -0.05) is 29.8 Å². The van der Waals surface area contributed by atoms with Crippen molar-refractivity contribution in [1.82, 2.24) is 0 Å². The van der Waals surface area contributed by atoms with E-state index in [1.54, 1.807) is 42.5 Å². The summed E-state index contributed by atoms with van der Waals surface area (Å²) in [6.45, 7) is -0.462. The molecule has 3 aromatic rings. The first-order valence-electron chi connectivity index (χ1n) is 10.3. The van der Waals surface area contributed by atoms with Gasteiger partial charge in [0.15, 0.2) is 6.61 Å². The first-order valence-corrected chi connectivity index (χ1v) is 11.5. The molecule has 34 heavy (non-hydrogen) atoms. The molecule has 3 aromatic carbocycles. The second-order valence-electron chi connectivity index (χ2n) is 7.48. The third kappa shape index (κ3) is 5.13. The van der Waals surface area contributed by atoms with Gasteiger partial charge in [-0.25, -0.2) is 9.69 Å². The number of thioether (sulfide) groups is 1. The molecule has 1 atom stereocenters. The number of carbonyl (C=O) groups excluding carboxylic acids is 4. The number of halogens is 1. The summed E-state index contributed by atoms with van der Waals surface area (Å²) in [7, 11) is 0. The van der Waals surface area contributed by atoms with Crippen LogP contribution in [-0.2, 0) is 14.3 Å². The van der Waals surface area contributed by atoms with Crippen LogP contribution in [0.2, 0.25) is 5.02 Å². The highest BCUT2D eigenvalue weighted by atomic mass is 35.5. The molecule has 1 fully saturated rings. The van der Waals surface area contributed by atoms with E-state index in [2.05, 4.69) is 0 Å². The number of Topliss-reactive ketones (excluding diaryl/α,β-unsaturated/α-hetero) is 1. The minimum atomic E-state index is -0.707. The molecule has 0 saturated carbocycles. The number of nitrogens with two attached hydrogens (primary N) is 1. The number of carbonyl (C=O) groups is 4. The van der Waals surface area contributed by atoms with E-state index in [1.807, 2.05) is 6.07 Å². The van der Waals surface area contributed by atoms with Gasteiger partial charge in [0.05, 0.1) is 21.5 Å². The zero-order valence-corrected chi connectivity index (χ0v) is 19.3. The van der Waals surface area contributed by atoms with Gasteiger partial charge in [0.25, 0.3) is 0 Å². The normalized spacial score (nSPS) is 15.4. The Morgan fingerprint density at radius 2 is 1.76 bits per heavy atom. The Labute approximate surface area is 204 Å². The average molecular weight is 495 g/mol. The zero-order valence-electron chi connectivity index (χ0n) is 17.8. The first-order chi connectivity index (χ1) is 16.3. The summed E-state index contributed by atoms with van der Waals surface area (Å²) >= 11 is 7.27. The standard InChI is InChI=1S/C25H19ClN2O5S/c26-20-7-2-1-6-19(20)21(29)14-33-25(32)15-8-10-17(11-9-15)28-23(30)13-22(24(28)31)34-18-5-3-4-16(27)12-18/h1-12,22H,13-14,27H2. The number of benzene rings is 3. The van der Waals surface area contributed by atoms with Gasteiger partial charge >= 0.3 is 5.97 Å². The molecule has 1 aliphatic rings. The summed E-state index contributed by atoms with van der Waals surface area (Å²) in [4.78, 5) is 51.9. The van der Waals surface area contributed by atoms with Crippen molar-refractivity contribution in [3.05, 3.63) is 88.9 Å². The van der Waals surface area contributed by atoms with Gasteiger partial charge in [-0.15, -0.1) is 11.8 Å². The largest absolute Gasteiger partial charge is 0.454 e. The van der Waals surface area contributed by atoms with Crippen molar-refractivity contribution in [2.75, 3.05) is 17.2 Å². The highest BCUT2D eigenvalue weighted by Crippen LogP contribution is 2.34. The van der Waals surface area contributed by atoms with Crippen LogP contribution in [0.3, 0.4) is 0 Å². The lowest BCUT2D eigenvalue weighted by Gasteiger charge is -2.15. The van der Waals surface area contributed by atoms with Gasteiger partial charge in [-0.05, 0) is 54.6 Å². The molecule has 9 heteroatoms. The number of anilines is 2. The molecule has 0 aliphatic carbocycles. The van der Waals surface area contributed by atoms with E-state index in [1.165, 1.54) is 36.0 Å². The summed E-state index contributed by atoms with van der Waals surface area (Å²) in [5.74, 6) is -1.79. The van der Waals surface area contributed by atoms with Crippen molar-refractivity contribution in [3.63, 3.8) is 0 Å². The fourth-order valence-corrected chi connectivity index (χ4v) is 4.81. The molecule has 1 saturated heterocycles. The van der Waals surface area contributed by atoms with E-state index in [0.29, 0.717) is 11.4 Å². The third-order valence-electron chi connectivity index (χ3n) is 5.11. The van der Waals surface area contributed by atoms with Crippen molar-refractivity contribution >= 4 is 58.3 Å². The van der Waals surface area contributed by atoms with E-state index < -0.39 is 23.6 Å². The lowest BCUT2D eigenvalue weighted by molar-refractivity contribution is -0.121. The maximum Gasteiger partial charge on any atom is 0.338 e. The van der Waals surface area contributed by atoms with E-state index in [9.17, 15) is 19.2 Å². The minimum Gasteiger partial charge on any atom is -0.454 e. The predicted octanol–water partition coefficient (Wildman–Crippen LogP) is 4.39. The number of hydrogen-bond donors (Lipinski definition) is 1. The number of rotatable bonds is 7. The van der Waals surface area contributed by atoms with Gasteiger partial charge in [0, 0.05) is 22.6 Å². The fourth-order valence-electron chi connectivity index (χ4n) is 3.45. The number of ketones is 1. The quantitative estimate of drug-likeness (QED) is 0.225. The van der Waals surface area contributed by atoms with Crippen molar-refractivity contribution in [2.24, 2.45) is 0 Å². The molecule has 0 radical (unpaired) electrons. The number of nitrogen functional groups attached to an aromatic ring is 1. The lowest BCUT2D eigenvalue weighted by Crippen LogP contribution is -2.31. The molecule has 1 heterocycles. The Bertz CT molecular complexity index is 1280. The summed E-state index contributed by atoms with van der Waals surface area (Å²) in [5.41, 5.74) is 7.17. The molecule has 1 unspecified atom stereocenters. The second kappa shape index (κ2) is 10.1. The summed E-state index contributed by atoms with van der Waals surface area (Å²) < 4.78 is 5.09. The molecule has 0 spiro atoms. The van der Waals surface area contributed by atoms with Crippen LogP contribution in [0.15, 0.2) is 77.7 Å². The average Bonchev–Trinajstić information content (AvgIpc) is 3.10. The SMILES string of the molecule is Nc1cccc(SC2CC(=O)N(c3ccc(C(=O)OCC(=O)c4ccccc4Cl)cc3)C2=O)c1. The van der Waals surface area contributed by atoms with Crippen molar-refractivity contribution < 1.29 is 23.9 Å². The molecular weight excluding hydrogens is 476 g/mol. The molecule has 2 N–H and O–H groups in total. The molecule has 2 amide bonds. The Hall–Kier alpha value is -3.62. The van der Waals surface area contributed by atoms with Gasteiger partial charge in [-0.2, -0.15) is 0 Å². The van der Waals surface area contributed by atoms with E-state index in [4.69, 9.17) is 22.1 Å². The Kier molecular flexibility index (Phi) is 7.00. The van der Waals surface area contributed by atoms with Crippen LogP contribution in [0.4, 0.5) is 11.4 Å². The molecular formula is C25H19ClN2O5S. The predicted molar refractivity (Wildman–Crippen MR) is 130 cm³/mol. The van der Waals surface area contributed by atoms with Crippen LogP contribution in [-0.4, -0.2) is 35.4 Å².